The van der Waals surface area contributed by atoms with E-state index >= 15 is 0 Å². The van der Waals surface area contributed by atoms with E-state index < -0.39 is 9.84 Å². The van der Waals surface area contributed by atoms with Crippen LogP contribution in [0.15, 0.2) is 53.4 Å². The first-order valence-electron chi connectivity index (χ1n) is 9.02. The van der Waals surface area contributed by atoms with Crippen LogP contribution >= 0.6 is 11.3 Å². The first kappa shape index (κ1) is 18.9. The normalized spacial score (nSPS) is 15.7. The molecular weight excluding hydrogens is 396 g/mol. The van der Waals surface area contributed by atoms with Crippen molar-refractivity contribution in [2.45, 2.75) is 23.8 Å². The predicted molar refractivity (Wildman–Crippen MR) is 109 cm³/mol. The van der Waals surface area contributed by atoms with Gasteiger partial charge in [0.15, 0.2) is 9.84 Å². The highest BCUT2D eigenvalue weighted by molar-refractivity contribution is 7.90. The number of rotatable bonds is 4. The second-order valence-electron chi connectivity index (χ2n) is 6.85. The van der Waals surface area contributed by atoms with E-state index in [0.717, 1.165) is 29.3 Å². The zero-order valence-electron chi connectivity index (χ0n) is 15.4. The molecule has 146 valence electrons. The van der Waals surface area contributed by atoms with Gasteiger partial charge in [-0.25, -0.2) is 13.4 Å². The lowest BCUT2D eigenvalue weighted by Gasteiger charge is -2.31. The summed E-state index contributed by atoms with van der Waals surface area (Å²) in [5.74, 6) is -0.0847. The van der Waals surface area contributed by atoms with E-state index in [2.05, 4.69) is 4.98 Å². The fourth-order valence-corrected chi connectivity index (χ4v) is 4.76. The summed E-state index contributed by atoms with van der Waals surface area (Å²) in [4.78, 5) is 19.2. The van der Waals surface area contributed by atoms with Crippen LogP contribution in [-0.2, 0) is 9.84 Å². The molecule has 0 saturated carbocycles. The number of para-hydroxylation sites is 1. The molecule has 1 fully saturated rings. The molecule has 3 aromatic rings. The Morgan fingerprint density at radius 3 is 2.43 bits per heavy atom. The number of hydrogen-bond donors (Lipinski definition) is 0. The molecule has 0 N–H and O–H groups in total. The summed E-state index contributed by atoms with van der Waals surface area (Å²) in [6.07, 6.45) is 2.67. The Kier molecular flexibility index (Phi) is 5.07. The minimum Gasteiger partial charge on any atom is -0.467 e. The topological polar surface area (TPSA) is 76.6 Å². The maximum atomic E-state index is 12.7. The van der Waals surface area contributed by atoms with Gasteiger partial charge in [0.1, 0.15) is 6.10 Å². The highest BCUT2D eigenvalue weighted by atomic mass is 32.2. The van der Waals surface area contributed by atoms with Crippen LogP contribution in [0.25, 0.3) is 10.2 Å². The van der Waals surface area contributed by atoms with E-state index in [-0.39, 0.29) is 16.9 Å². The number of amides is 1. The van der Waals surface area contributed by atoms with Crippen LogP contribution in [0.3, 0.4) is 0 Å². The maximum Gasteiger partial charge on any atom is 0.274 e. The third kappa shape index (κ3) is 4.02. The average Bonchev–Trinajstić information content (AvgIpc) is 3.10. The van der Waals surface area contributed by atoms with Gasteiger partial charge < -0.3 is 9.64 Å². The number of thiazole rings is 1. The summed E-state index contributed by atoms with van der Waals surface area (Å²) >= 11 is 1.54. The number of piperidine rings is 1. The third-order valence-electron chi connectivity index (χ3n) is 4.80. The van der Waals surface area contributed by atoms with Crippen LogP contribution in [0, 0.1) is 0 Å². The summed E-state index contributed by atoms with van der Waals surface area (Å²) in [7, 11) is -3.26. The molecule has 0 bridgehead atoms. The minimum atomic E-state index is -3.26. The number of sulfone groups is 1. The van der Waals surface area contributed by atoms with E-state index in [4.69, 9.17) is 4.74 Å². The Balaban J connectivity index is 1.36. The number of carbonyl (C=O) groups is 1. The zero-order chi connectivity index (χ0) is 19.7. The quantitative estimate of drug-likeness (QED) is 0.652. The fourth-order valence-electron chi connectivity index (χ4n) is 3.25. The number of carbonyl (C=O) groups excluding carboxylic acids is 1. The van der Waals surface area contributed by atoms with Gasteiger partial charge in [-0.1, -0.05) is 23.5 Å². The summed E-state index contributed by atoms with van der Waals surface area (Å²) in [6.45, 7) is 1.20. The van der Waals surface area contributed by atoms with Gasteiger partial charge >= 0.3 is 0 Å². The Labute approximate surface area is 167 Å². The molecule has 1 saturated heterocycles. The molecule has 8 heteroatoms. The monoisotopic (exact) mass is 416 g/mol. The van der Waals surface area contributed by atoms with Crippen LogP contribution in [0.1, 0.15) is 23.2 Å². The van der Waals surface area contributed by atoms with Gasteiger partial charge in [-0.2, -0.15) is 0 Å². The number of fused-ring (bicyclic) bond motifs is 1. The largest absolute Gasteiger partial charge is 0.467 e. The molecular formula is C20H20N2O4S2. The van der Waals surface area contributed by atoms with E-state index in [1.54, 1.807) is 17.0 Å². The molecule has 1 aromatic heterocycles. The van der Waals surface area contributed by atoms with Crippen LogP contribution in [0.5, 0.6) is 5.19 Å². The molecule has 0 spiro atoms. The molecule has 2 aromatic carbocycles. The Morgan fingerprint density at radius 1 is 1.11 bits per heavy atom. The number of hydrogen-bond acceptors (Lipinski definition) is 6. The fraction of sp³-hybridized carbons (Fsp3) is 0.300. The lowest BCUT2D eigenvalue weighted by atomic mass is 10.1. The van der Waals surface area contributed by atoms with E-state index in [1.807, 2.05) is 24.3 Å². The van der Waals surface area contributed by atoms with Crippen molar-refractivity contribution >= 4 is 37.3 Å². The van der Waals surface area contributed by atoms with Gasteiger partial charge in [-0.15, -0.1) is 0 Å². The molecule has 1 amide bonds. The van der Waals surface area contributed by atoms with Crippen molar-refractivity contribution in [3.05, 3.63) is 54.1 Å². The van der Waals surface area contributed by atoms with Crippen molar-refractivity contribution in [1.29, 1.82) is 0 Å². The SMILES string of the molecule is CS(=O)(=O)c1ccc(C(=O)N2CCC(Oc3nc4ccccc4s3)CC2)cc1. The minimum absolute atomic E-state index is 0.0391. The number of nitrogens with zero attached hydrogens (tertiary/aromatic N) is 2. The third-order valence-corrected chi connectivity index (χ3v) is 6.86. The molecule has 2 heterocycles. The molecule has 0 atom stereocenters. The number of aromatic nitrogens is 1. The van der Waals surface area contributed by atoms with Crippen molar-refractivity contribution in [3.63, 3.8) is 0 Å². The molecule has 28 heavy (non-hydrogen) atoms. The van der Waals surface area contributed by atoms with Crippen molar-refractivity contribution in [2.24, 2.45) is 0 Å². The van der Waals surface area contributed by atoms with E-state index in [1.165, 1.54) is 23.5 Å². The maximum absolute atomic E-state index is 12.7. The van der Waals surface area contributed by atoms with Gasteiger partial charge in [0, 0.05) is 37.8 Å². The Morgan fingerprint density at radius 2 is 1.79 bits per heavy atom. The smallest absolute Gasteiger partial charge is 0.274 e. The molecule has 1 aliphatic rings. The number of ether oxygens (including phenoxy) is 1. The van der Waals surface area contributed by atoms with Gasteiger partial charge in [0.2, 0.25) is 0 Å². The first-order chi connectivity index (χ1) is 13.4. The van der Waals surface area contributed by atoms with Crippen LogP contribution in [-0.4, -0.2) is 49.7 Å². The Bertz CT molecular complexity index is 1070. The molecule has 0 aliphatic carbocycles. The highest BCUT2D eigenvalue weighted by Crippen LogP contribution is 2.29. The van der Waals surface area contributed by atoms with E-state index in [9.17, 15) is 13.2 Å². The molecule has 6 nitrogen and oxygen atoms in total. The number of likely N-dealkylation sites (tertiary alicyclic amines) is 1. The summed E-state index contributed by atoms with van der Waals surface area (Å²) in [5.41, 5.74) is 1.44. The standard InChI is InChI=1S/C20H20N2O4S2/c1-28(24,25)16-8-6-14(7-9-16)19(23)22-12-10-15(11-13-22)26-20-21-17-4-2-3-5-18(17)27-20/h2-9,15H,10-13H2,1H3. The van der Waals surface area contributed by atoms with Crippen LogP contribution < -0.4 is 4.74 Å². The molecule has 0 radical (unpaired) electrons. The number of benzene rings is 2. The Hall–Kier alpha value is -2.45. The molecule has 4 rings (SSSR count). The highest BCUT2D eigenvalue weighted by Gasteiger charge is 2.25. The predicted octanol–water partition coefficient (Wildman–Crippen LogP) is 3.38. The van der Waals surface area contributed by atoms with Crippen molar-refractivity contribution in [3.8, 4) is 5.19 Å². The second-order valence-corrected chi connectivity index (χ2v) is 9.86. The van der Waals surface area contributed by atoms with Gasteiger partial charge in [0.25, 0.3) is 11.1 Å². The van der Waals surface area contributed by atoms with Gasteiger partial charge in [-0.05, 0) is 36.4 Å². The lowest BCUT2D eigenvalue weighted by molar-refractivity contribution is 0.0595. The molecule has 1 aliphatic heterocycles. The van der Waals surface area contributed by atoms with Crippen molar-refractivity contribution < 1.29 is 17.9 Å². The summed E-state index contributed by atoms with van der Waals surface area (Å²) < 4.78 is 30.2. The molecule has 0 unspecified atom stereocenters. The second kappa shape index (κ2) is 7.52. The van der Waals surface area contributed by atoms with Crippen LogP contribution in [0.2, 0.25) is 0 Å². The van der Waals surface area contributed by atoms with Crippen molar-refractivity contribution in [1.82, 2.24) is 9.88 Å². The van der Waals surface area contributed by atoms with Crippen LogP contribution in [0.4, 0.5) is 0 Å². The van der Waals surface area contributed by atoms with E-state index in [0.29, 0.717) is 23.8 Å². The van der Waals surface area contributed by atoms with Crippen molar-refractivity contribution in [2.75, 3.05) is 19.3 Å². The summed E-state index contributed by atoms with van der Waals surface area (Å²) in [5, 5.41) is 0.669. The average molecular weight is 417 g/mol. The van der Waals surface area contributed by atoms with Gasteiger partial charge in [0.05, 0.1) is 15.1 Å². The lowest BCUT2D eigenvalue weighted by Crippen LogP contribution is -2.41. The van der Waals surface area contributed by atoms with Gasteiger partial charge in [-0.3, -0.25) is 4.79 Å². The first-order valence-corrected chi connectivity index (χ1v) is 11.7. The zero-order valence-corrected chi connectivity index (χ0v) is 17.0. The summed E-state index contributed by atoms with van der Waals surface area (Å²) in [6, 6.07) is 14.0.